The van der Waals surface area contributed by atoms with Crippen LogP contribution in [0.1, 0.15) is 20.3 Å². The molecule has 0 rings (SSSR count). The molecular formula is C9H21NOS2. The molecule has 0 aromatic heterocycles. The lowest BCUT2D eigenvalue weighted by atomic mass is 10.3. The molecule has 0 saturated heterocycles. The number of thioether (sulfide) groups is 1. The molecule has 0 spiro atoms. The van der Waals surface area contributed by atoms with Crippen LogP contribution in [-0.4, -0.2) is 40.3 Å². The summed E-state index contributed by atoms with van der Waals surface area (Å²) < 4.78 is 10.9. The number of hydrogen-bond acceptors (Lipinski definition) is 3. The highest BCUT2D eigenvalue weighted by Crippen LogP contribution is 1.99. The van der Waals surface area contributed by atoms with E-state index in [-0.39, 0.29) is 0 Å². The fourth-order valence-corrected chi connectivity index (χ4v) is 2.54. The van der Waals surface area contributed by atoms with Crippen molar-refractivity contribution in [3.8, 4) is 0 Å². The van der Waals surface area contributed by atoms with Crippen LogP contribution in [0.2, 0.25) is 0 Å². The van der Waals surface area contributed by atoms with Gasteiger partial charge in [-0.15, -0.1) is 0 Å². The topological polar surface area (TPSA) is 29.1 Å². The van der Waals surface area contributed by atoms with E-state index in [9.17, 15) is 4.21 Å². The molecule has 2 nitrogen and oxygen atoms in total. The van der Waals surface area contributed by atoms with Gasteiger partial charge in [-0.05, 0) is 31.4 Å². The molecule has 80 valence electrons. The Labute approximate surface area is 88.7 Å². The molecule has 0 aliphatic carbocycles. The molecule has 0 heterocycles. The second kappa shape index (κ2) is 9.03. The number of rotatable bonds is 8. The third kappa shape index (κ3) is 10.4. The zero-order chi connectivity index (χ0) is 10.1. The van der Waals surface area contributed by atoms with Crippen molar-refractivity contribution in [2.45, 2.75) is 26.3 Å². The van der Waals surface area contributed by atoms with Gasteiger partial charge in [0.2, 0.25) is 0 Å². The van der Waals surface area contributed by atoms with Crippen molar-refractivity contribution >= 4 is 22.6 Å². The minimum Gasteiger partial charge on any atom is -0.313 e. The van der Waals surface area contributed by atoms with Crippen LogP contribution in [0.5, 0.6) is 0 Å². The molecule has 0 aliphatic heterocycles. The lowest BCUT2D eigenvalue weighted by Crippen LogP contribution is -2.31. The summed E-state index contributed by atoms with van der Waals surface area (Å²) in [6, 6.07) is 0.387. The summed E-state index contributed by atoms with van der Waals surface area (Å²) in [6.45, 7) is 5.32. The van der Waals surface area contributed by atoms with E-state index in [4.69, 9.17) is 0 Å². The first-order valence-electron chi connectivity index (χ1n) is 4.78. The molecule has 0 aromatic rings. The highest BCUT2D eigenvalue weighted by Gasteiger charge is 2.01. The molecule has 0 aliphatic rings. The van der Waals surface area contributed by atoms with Gasteiger partial charge in [0.15, 0.2) is 0 Å². The van der Waals surface area contributed by atoms with Gasteiger partial charge >= 0.3 is 0 Å². The van der Waals surface area contributed by atoms with Gasteiger partial charge in [-0.1, -0.05) is 6.92 Å². The Bertz CT molecular complexity index is 142. The molecule has 0 saturated carbocycles. The zero-order valence-electron chi connectivity index (χ0n) is 8.84. The van der Waals surface area contributed by atoms with Crippen molar-refractivity contribution in [1.29, 1.82) is 0 Å². The Morgan fingerprint density at radius 2 is 2.23 bits per heavy atom. The van der Waals surface area contributed by atoms with Crippen molar-refractivity contribution in [2.24, 2.45) is 0 Å². The lowest BCUT2D eigenvalue weighted by Gasteiger charge is -2.11. The Morgan fingerprint density at radius 3 is 2.77 bits per heavy atom. The van der Waals surface area contributed by atoms with Crippen LogP contribution in [0, 0.1) is 0 Å². The zero-order valence-corrected chi connectivity index (χ0v) is 10.5. The van der Waals surface area contributed by atoms with Crippen LogP contribution in [0.3, 0.4) is 0 Å². The summed E-state index contributed by atoms with van der Waals surface area (Å²) in [4.78, 5) is 0. The first-order valence-corrected chi connectivity index (χ1v) is 7.66. The van der Waals surface area contributed by atoms with Gasteiger partial charge < -0.3 is 5.32 Å². The van der Waals surface area contributed by atoms with E-state index in [1.807, 2.05) is 11.8 Å². The Balaban J connectivity index is 3.17. The molecular weight excluding hydrogens is 202 g/mol. The smallest absolute Gasteiger partial charge is 0.0383 e. The molecule has 0 amide bonds. The monoisotopic (exact) mass is 223 g/mol. The Morgan fingerprint density at radius 1 is 1.54 bits per heavy atom. The first-order chi connectivity index (χ1) is 6.16. The maximum Gasteiger partial charge on any atom is 0.0383 e. The van der Waals surface area contributed by atoms with Crippen LogP contribution in [0.4, 0.5) is 0 Å². The predicted molar refractivity (Wildman–Crippen MR) is 64.0 cm³/mol. The van der Waals surface area contributed by atoms with Crippen LogP contribution >= 0.6 is 11.8 Å². The molecule has 0 fully saturated rings. The van der Waals surface area contributed by atoms with Gasteiger partial charge in [0.05, 0.1) is 0 Å². The lowest BCUT2D eigenvalue weighted by molar-refractivity contribution is 0.584. The molecule has 0 aromatic carbocycles. The van der Waals surface area contributed by atoms with Gasteiger partial charge in [0.1, 0.15) is 0 Å². The highest BCUT2D eigenvalue weighted by atomic mass is 32.2. The second-order valence-electron chi connectivity index (χ2n) is 3.15. The quantitative estimate of drug-likeness (QED) is 0.632. The minimum absolute atomic E-state index is 0.387. The Hall–Kier alpha value is 0.460. The largest absolute Gasteiger partial charge is 0.313 e. The maximum atomic E-state index is 10.9. The van der Waals surface area contributed by atoms with Crippen molar-refractivity contribution < 1.29 is 4.21 Å². The SMILES string of the molecule is CCSCCCNC(C)CS(C)=O. The standard InChI is InChI=1S/C9H21NOS2/c1-4-12-7-5-6-10-9(2)8-13(3)11/h9-10H,4-8H2,1-3H3. The molecule has 0 radical (unpaired) electrons. The van der Waals surface area contributed by atoms with Gasteiger partial charge in [-0.3, -0.25) is 4.21 Å². The van der Waals surface area contributed by atoms with E-state index in [0.29, 0.717) is 6.04 Å². The molecule has 13 heavy (non-hydrogen) atoms. The van der Waals surface area contributed by atoms with Crippen LogP contribution in [0.15, 0.2) is 0 Å². The van der Waals surface area contributed by atoms with Gasteiger partial charge in [-0.25, -0.2) is 0 Å². The van der Waals surface area contributed by atoms with E-state index >= 15 is 0 Å². The van der Waals surface area contributed by atoms with Crippen LogP contribution in [0.25, 0.3) is 0 Å². The van der Waals surface area contributed by atoms with E-state index in [1.54, 1.807) is 6.26 Å². The summed E-state index contributed by atoms with van der Waals surface area (Å²) in [7, 11) is -0.672. The van der Waals surface area contributed by atoms with Crippen molar-refractivity contribution in [3.63, 3.8) is 0 Å². The number of hydrogen-bond donors (Lipinski definition) is 1. The summed E-state index contributed by atoms with van der Waals surface area (Å²) in [5, 5.41) is 3.37. The average Bonchev–Trinajstić information content (AvgIpc) is 2.02. The molecule has 4 heteroatoms. The molecule has 1 N–H and O–H groups in total. The minimum atomic E-state index is -0.672. The van der Waals surface area contributed by atoms with Crippen molar-refractivity contribution in [2.75, 3.05) is 30.1 Å². The predicted octanol–water partition coefficient (Wildman–Crippen LogP) is 1.49. The number of nitrogens with one attached hydrogen (secondary N) is 1. The summed E-state index contributed by atoms with van der Waals surface area (Å²) >= 11 is 1.97. The van der Waals surface area contributed by atoms with E-state index < -0.39 is 10.8 Å². The van der Waals surface area contributed by atoms with Crippen molar-refractivity contribution in [3.05, 3.63) is 0 Å². The fourth-order valence-electron chi connectivity index (χ4n) is 1.08. The summed E-state index contributed by atoms with van der Waals surface area (Å²) in [5.41, 5.74) is 0. The normalized spacial score (nSPS) is 15.6. The van der Waals surface area contributed by atoms with Gasteiger partial charge in [0, 0.05) is 28.9 Å². The highest BCUT2D eigenvalue weighted by molar-refractivity contribution is 7.99. The summed E-state index contributed by atoms with van der Waals surface area (Å²) in [5.74, 6) is 3.20. The third-order valence-electron chi connectivity index (χ3n) is 1.65. The van der Waals surface area contributed by atoms with Crippen LogP contribution < -0.4 is 5.32 Å². The average molecular weight is 223 g/mol. The van der Waals surface area contributed by atoms with Crippen LogP contribution in [-0.2, 0) is 10.8 Å². The molecule has 0 bridgehead atoms. The fraction of sp³-hybridized carbons (Fsp3) is 1.00. The van der Waals surface area contributed by atoms with Gasteiger partial charge in [-0.2, -0.15) is 11.8 Å². The first kappa shape index (κ1) is 13.5. The maximum absolute atomic E-state index is 10.9. The third-order valence-corrected chi connectivity index (χ3v) is 3.60. The van der Waals surface area contributed by atoms with E-state index in [1.165, 1.54) is 17.9 Å². The van der Waals surface area contributed by atoms with E-state index in [2.05, 4.69) is 19.2 Å². The summed E-state index contributed by atoms with van der Waals surface area (Å²) in [6.07, 6.45) is 2.96. The molecule has 2 unspecified atom stereocenters. The van der Waals surface area contributed by atoms with Gasteiger partial charge in [0.25, 0.3) is 0 Å². The van der Waals surface area contributed by atoms with E-state index in [0.717, 1.165) is 12.3 Å². The van der Waals surface area contributed by atoms with Crippen molar-refractivity contribution in [1.82, 2.24) is 5.32 Å². The molecule has 2 atom stereocenters. The second-order valence-corrected chi connectivity index (χ2v) is 6.02. The Kier molecular flexibility index (Phi) is 9.35.